The van der Waals surface area contributed by atoms with Crippen molar-refractivity contribution in [1.29, 1.82) is 0 Å². The lowest BCUT2D eigenvalue weighted by molar-refractivity contribution is -0.0289. The standard InChI is InChI=1S/C27H42N2O2/c1-19(2)15-21(5)27(22(6)16-20(3)4,17-30-25-13-9-7-11-23(25)28)18-31-26-14-10-8-12-24(26)29/h7-14,19-22H,15-18,28-29H2,1-6H3. The fourth-order valence-corrected chi connectivity index (χ4v) is 4.63. The molecule has 0 radical (unpaired) electrons. The van der Waals surface area contributed by atoms with Crippen molar-refractivity contribution in [2.24, 2.45) is 29.1 Å². The van der Waals surface area contributed by atoms with E-state index in [2.05, 4.69) is 41.5 Å². The van der Waals surface area contributed by atoms with E-state index in [0.29, 0.717) is 48.3 Å². The Kier molecular flexibility index (Phi) is 9.09. The quantitative estimate of drug-likeness (QED) is 0.372. The molecule has 0 heterocycles. The van der Waals surface area contributed by atoms with Crippen molar-refractivity contribution >= 4 is 11.4 Å². The van der Waals surface area contributed by atoms with Gasteiger partial charge in [-0.05, 0) is 60.8 Å². The van der Waals surface area contributed by atoms with Gasteiger partial charge >= 0.3 is 0 Å². The molecule has 0 amide bonds. The Hall–Kier alpha value is -2.36. The maximum Gasteiger partial charge on any atom is 0.142 e. The second-order valence-electron chi connectivity index (χ2n) is 9.95. The monoisotopic (exact) mass is 426 g/mol. The van der Waals surface area contributed by atoms with E-state index in [1.54, 1.807) is 0 Å². The number of nitrogens with two attached hydrogens (primary N) is 2. The lowest BCUT2D eigenvalue weighted by Gasteiger charge is -2.44. The third kappa shape index (κ3) is 6.81. The first-order chi connectivity index (χ1) is 14.7. The summed E-state index contributed by atoms with van der Waals surface area (Å²) in [6, 6.07) is 15.4. The predicted octanol–water partition coefficient (Wildman–Crippen LogP) is 6.66. The minimum atomic E-state index is -0.181. The Morgan fingerprint density at radius 3 is 1.32 bits per heavy atom. The van der Waals surface area contributed by atoms with Crippen molar-refractivity contribution in [2.45, 2.75) is 54.4 Å². The number of anilines is 2. The second kappa shape index (κ2) is 11.3. The highest BCUT2D eigenvalue weighted by atomic mass is 16.5. The van der Waals surface area contributed by atoms with E-state index < -0.39 is 0 Å². The van der Waals surface area contributed by atoms with Crippen LogP contribution in [-0.2, 0) is 0 Å². The highest BCUT2D eigenvalue weighted by molar-refractivity contribution is 5.52. The largest absolute Gasteiger partial charge is 0.491 e. The Bertz CT molecular complexity index is 736. The van der Waals surface area contributed by atoms with Crippen LogP contribution in [0.1, 0.15) is 54.4 Å². The fourth-order valence-electron chi connectivity index (χ4n) is 4.63. The van der Waals surface area contributed by atoms with Crippen LogP contribution >= 0.6 is 0 Å². The summed E-state index contributed by atoms with van der Waals surface area (Å²) < 4.78 is 12.8. The number of ether oxygens (including phenoxy) is 2. The van der Waals surface area contributed by atoms with Gasteiger partial charge < -0.3 is 20.9 Å². The molecule has 0 saturated carbocycles. The van der Waals surface area contributed by atoms with Gasteiger partial charge in [-0.15, -0.1) is 0 Å². The van der Waals surface area contributed by atoms with Gasteiger partial charge in [-0.1, -0.05) is 65.8 Å². The van der Waals surface area contributed by atoms with Crippen LogP contribution in [0.25, 0.3) is 0 Å². The molecule has 0 bridgehead atoms. The van der Waals surface area contributed by atoms with Gasteiger partial charge in [0.2, 0.25) is 0 Å². The minimum absolute atomic E-state index is 0.181. The van der Waals surface area contributed by atoms with Gasteiger partial charge in [0, 0.05) is 5.41 Å². The summed E-state index contributed by atoms with van der Waals surface area (Å²) in [4.78, 5) is 0. The molecule has 0 aliphatic rings. The summed E-state index contributed by atoms with van der Waals surface area (Å²) in [6.07, 6.45) is 2.20. The summed E-state index contributed by atoms with van der Waals surface area (Å²) in [5, 5.41) is 0. The van der Waals surface area contributed by atoms with Crippen LogP contribution < -0.4 is 20.9 Å². The summed E-state index contributed by atoms with van der Waals surface area (Å²) in [5.74, 6) is 3.44. The third-order valence-electron chi connectivity index (χ3n) is 6.44. The molecule has 0 saturated heterocycles. The molecule has 2 rings (SSSR count). The van der Waals surface area contributed by atoms with Gasteiger partial charge in [0.1, 0.15) is 11.5 Å². The molecule has 0 fully saturated rings. The fraction of sp³-hybridized carbons (Fsp3) is 0.556. The van der Waals surface area contributed by atoms with Crippen molar-refractivity contribution in [1.82, 2.24) is 0 Å². The van der Waals surface area contributed by atoms with Crippen LogP contribution in [0.3, 0.4) is 0 Å². The molecule has 172 valence electrons. The third-order valence-corrected chi connectivity index (χ3v) is 6.44. The van der Waals surface area contributed by atoms with Gasteiger partial charge in [0.15, 0.2) is 0 Å². The van der Waals surface area contributed by atoms with E-state index in [9.17, 15) is 0 Å². The number of hydrogen-bond acceptors (Lipinski definition) is 4. The molecule has 2 unspecified atom stereocenters. The van der Waals surface area contributed by atoms with Gasteiger partial charge in [-0.3, -0.25) is 0 Å². The van der Waals surface area contributed by atoms with Crippen LogP contribution in [0.2, 0.25) is 0 Å². The Balaban J connectivity index is 2.39. The summed E-state index contributed by atoms with van der Waals surface area (Å²) in [5.41, 5.74) is 13.5. The van der Waals surface area contributed by atoms with Gasteiger partial charge in [-0.25, -0.2) is 0 Å². The van der Waals surface area contributed by atoms with E-state index in [4.69, 9.17) is 20.9 Å². The molecule has 0 aromatic heterocycles. The average molecular weight is 427 g/mol. The minimum Gasteiger partial charge on any atom is -0.491 e. The zero-order valence-corrected chi connectivity index (χ0v) is 20.2. The Morgan fingerprint density at radius 1 is 0.645 bits per heavy atom. The Morgan fingerprint density at radius 2 is 1.00 bits per heavy atom. The zero-order chi connectivity index (χ0) is 23.0. The summed E-state index contributed by atoms with van der Waals surface area (Å²) in [6.45, 7) is 14.9. The smallest absolute Gasteiger partial charge is 0.142 e. The maximum atomic E-state index is 6.39. The first-order valence-corrected chi connectivity index (χ1v) is 11.6. The van der Waals surface area contributed by atoms with E-state index >= 15 is 0 Å². The van der Waals surface area contributed by atoms with Gasteiger partial charge in [-0.2, -0.15) is 0 Å². The number of para-hydroxylation sites is 4. The molecule has 31 heavy (non-hydrogen) atoms. The SMILES string of the molecule is CC(C)CC(C)C(COc1ccccc1N)(COc1ccccc1N)C(C)CC(C)C. The lowest BCUT2D eigenvalue weighted by atomic mass is 9.64. The first-order valence-electron chi connectivity index (χ1n) is 11.6. The molecule has 4 N–H and O–H groups in total. The highest BCUT2D eigenvalue weighted by Crippen LogP contribution is 2.44. The molecule has 0 spiro atoms. The molecule has 4 heteroatoms. The summed E-state index contributed by atoms with van der Waals surface area (Å²) >= 11 is 0. The number of hydrogen-bond donors (Lipinski definition) is 2. The van der Waals surface area contributed by atoms with Crippen molar-refractivity contribution in [3.05, 3.63) is 48.5 Å². The zero-order valence-electron chi connectivity index (χ0n) is 20.2. The second-order valence-corrected chi connectivity index (χ2v) is 9.95. The molecule has 0 aliphatic heterocycles. The summed E-state index contributed by atoms with van der Waals surface area (Å²) in [7, 11) is 0. The maximum absolute atomic E-state index is 6.39. The Labute approximate surface area is 189 Å². The number of rotatable bonds is 12. The van der Waals surface area contributed by atoms with Crippen molar-refractivity contribution in [3.63, 3.8) is 0 Å². The van der Waals surface area contributed by atoms with Gasteiger partial charge in [0.05, 0.1) is 24.6 Å². The van der Waals surface area contributed by atoms with Crippen LogP contribution in [0, 0.1) is 29.1 Å². The number of benzene rings is 2. The van der Waals surface area contributed by atoms with Crippen LogP contribution in [-0.4, -0.2) is 13.2 Å². The van der Waals surface area contributed by atoms with Gasteiger partial charge in [0.25, 0.3) is 0 Å². The molecule has 2 aromatic rings. The van der Waals surface area contributed by atoms with Crippen LogP contribution in [0.15, 0.2) is 48.5 Å². The molecule has 2 atom stereocenters. The van der Waals surface area contributed by atoms with E-state index in [1.165, 1.54) is 0 Å². The van der Waals surface area contributed by atoms with E-state index in [0.717, 1.165) is 24.3 Å². The van der Waals surface area contributed by atoms with E-state index in [1.807, 2.05) is 48.5 Å². The normalized spacial score (nSPS) is 13.9. The predicted molar refractivity (Wildman–Crippen MR) is 132 cm³/mol. The molecular formula is C27H42N2O2. The molecule has 0 aliphatic carbocycles. The van der Waals surface area contributed by atoms with Crippen molar-refractivity contribution in [3.8, 4) is 11.5 Å². The first kappa shape index (κ1) is 24.9. The molecule has 2 aromatic carbocycles. The molecular weight excluding hydrogens is 384 g/mol. The highest BCUT2D eigenvalue weighted by Gasteiger charge is 2.43. The molecule has 4 nitrogen and oxygen atoms in total. The van der Waals surface area contributed by atoms with Crippen LogP contribution in [0.4, 0.5) is 11.4 Å². The van der Waals surface area contributed by atoms with Crippen LogP contribution in [0.5, 0.6) is 11.5 Å². The lowest BCUT2D eigenvalue weighted by Crippen LogP contribution is -2.47. The number of nitrogen functional groups attached to an aromatic ring is 2. The van der Waals surface area contributed by atoms with Crippen molar-refractivity contribution in [2.75, 3.05) is 24.7 Å². The average Bonchev–Trinajstić information content (AvgIpc) is 2.69. The topological polar surface area (TPSA) is 70.5 Å². The van der Waals surface area contributed by atoms with Crippen molar-refractivity contribution < 1.29 is 9.47 Å². The van der Waals surface area contributed by atoms with E-state index in [-0.39, 0.29) is 5.41 Å².